The second-order valence-corrected chi connectivity index (χ2v) is 7.12. The average Bonchev–Trinajstić information content (AvgIpc) is 2.78. The van der Waals surface area contributed by atoms with Gasteiger partial charge in [-0.2, -0.15) is 0 Å². The maximum absolute atomic E-state index is 12.5. The van der Waals surface area contributed by atoms with E-state index >= 15 is 0 Å². The molecule has 1 amide bonds. The van der Waals surface area contributed by atoms with E-state index < -0.39 is 5.97 Å². The minimum atomic E-state index is -0.467. The molecule has 164 valence electrons. The van der Waals surface area contributed by atoms with E-state index in [2.05, 4.69) is 5.32 Å². The predicted molar refractivity (Wildman–Crippen MR) is 124 cm³/mol. The summed E-state index contributed by atoms with van der Waals surface area (Å²) >= 11 is 6.29. The van der Waals surface area contributed by atoms with Crippen molar-refractivity contribution in [2.45, 2.75) is 13.5 Å². The number of carbonyl (C=O) groups excluding carboxylic acids is 2. The van der Waals surface area contributed by atoms with Gasteiger partial charge < -0.3 is 19.5 Å². The van der Waals surface area contributed by atoms with Gasteiger partial charge in [-0.3, -0.25) is 9.59 Å². The van der Waals surface area contributed by atoms with Crippen molar-refractivity contribution >= 4 is 35.2 Å². The zero-order valence-corrected chi connectivity index (χ0v) is 18.4. The van der Waals surface area contributed by atoms with Gasteiger partial charge in [0.25, 0.3) is 0 Å². The molecular weight excluding hydrogens is 430 g/mol. The first kappa shape index (κ1) is 22.9. The molecule has 0 heterocycles. The Bertz CT molecular complexity index is 1130. The molecule has 1 N–H and O–H groups in total. The first-order valence-electron chi connectivity index (χ1n) is 9.77. The molecule has 0 saturated heterocycles. The number of hydrogen-bond acceptors (Lipinski definition) is 5. The zero-order chi connectivity index (χ0) is 22.9. The van der Waals surface area contributed by atoms with Crippen LogP contribution >= 0.6 is 11.6 Å². The monoisotopic (exact) mass is 451 g/mol. The molecule has 0 unspecified atom stereocenters. The van der Waals surface area contributed by atoms with E-state index in [1.165, 1.54) is 20.1 Å². The highest BCUT2D eigenvalue weighted by atomic mass is 35.5. The van der Waals surface area contributed by atoms with E-state index in [0.717, 1.165) is 5.56 Å². The molecule has 0 aliphatic heterocycles. The van der Waals surface area contributed by atoms with Crippen LogP contribution in [0.3, 0.4) is 0 Å². The van der Waals surface area contributed by atoms with Gasteiger partial charge in [-0.1, -0.05) is 54.1 Å². The number of esters is 1. The van der Waals surface area contributed by atoms with Crippen molar-refractivity contribution in [1.29, 1.82) is 0 Å². The molecule has 3 aromatic rings. The van der Waals surface area contributed by atoms with Gasteiger partial charge in [0, 0.05) is 13.0 Å². The average molecular weight is 452 g/mol. The van der Waals surface area contributed by atoms with E-state index in [0.29, 0.717) is 34.4 Å². The fourth-order valence-electron chi connectivity index (χ4n) is 2.86. The number of hydrogen-bond donors (Lipinski definition) is 1. The summed E-state index contributed by atoms with van der Waals surface area (Å²) in [5, 5.41) is 3.17. The molecule has 3 aromatic carbocycles. The Morgan fingerprint density at radius 2 is 1.78 bits per heavy atom. The number of halogens is 1. The second-order valence-electron chi connectivity index (χ2n) is 6.72. The molecule has 0 spiro atoms. The summed E-state index contributed by atoms with van der Waals surface area (Å²) in [6, 6.07) is 19.8. The summed E-state index contributed by atoms with van der Waals surface area (Å²) in [4.78, 5) is 23.8. The molecule has 0 atom stereocenters. The van der Waals surface area contributed by atoms with Crippen molar-refractivity contribution < 1.29 is 23.8 Å². The largest absolute Gasteiger partial charge is 0.493 e. The topological polar surface area (TPSA) is 73.9 Å². The second kappa shape index (κ2) is 11.0. The lowest BCUT2D eigenvalue weighted by Crippen LogP contribution is -2.10. The summed E-state index contributed by atoms with van der Waals surface area (Å²) in [6.45, 7) is 1.62. The number of ether oxygens (including phenoxy) is 3. The van der Waals surface area contributed by atoms with Crippen molar-refractivity contribution in [3.8, 4) is 17.2 Å². The van der Waals surface area contributed by atoms with E-state index in [4.69, 9.17) is 25.8 Å². The summed E-state index contributed by atoms with van der Waals surface area (Å²) < 4.78 is 16.2. The molecule has 0 radical (unpaired) electrons. The third kappa shape index (κ3) is 6.36. The van der Waals surface area contributed by atoms with Crippen LogP contribution in [0.4, 0.5) is 5.69 Å². The number of benzene rings is 3. The standard InChI is InChI=1S/C25H22ClNO5/c1-17(28)32-23-15-18(11-13-22(23)30-2)12-14-24(29)27-21-10-6-9-20(26)25(21)31-16-19-7-4-3-5-8-19/h3-15H,16H2,1-2H3,(H,27,29). The number of para-hydroxylation sites is 1. The molecule has 0 saturated carbocycles. The Kier molecular flexibility index (Phi) is 7.89. The summed E-state index contributed by atoms with van der Waals surface area (Å²) in [5.74, 6) is 0.240. The normalized spacial score (nSPS) is 10.6. The molecule has 0 fully saturated rings. The fourth-order valence-corrected chi connectivity index (χ4v) is 3.09. The molecule has 7 heteroatoms. The van der Waals surface area contributed by atoms with Crippen molar-refractivity contribution in [3.05, 3.63) is 89.0 Å². The molecule has 0 aliphatic carbocycles. The molecule has 3 rings (SSSR count). The van der Waals surface area contributed by atoms with Crippen LogP contribution in [0.25, 0.3) is 6.08 Å². The summed E-state index contributed by atoms with van der Waals surface area (Å²) in [5.41, 5.74) is 2.09. The minimum absolute atomic E-state index is 0.272. The lowest BCUT2D eigenvalue weighted by atomic mass is 10.2. The highest BCUT2D eigenvalue weighted by Gasteiger charge is 2.11. The van der Waals surface area contributed by atoms with Crippen LogP contribution < -0.4 is 19.5 Å². The van der Waals surface area contributed by atoms with Crippen molar-refractivity contribution in [1.82, 2.24) is 0 Å². The van der Waals surface area contributed by atoms with Gasteiger partial charge in [-0.15, -0.1) is 0 Å². The van der Waals surface area contributed by atoms with Gasteiger partial charge in [-0.05, 0) is 41.5 Å². The molecule has 0 aliphatic rings. The number of methoxy groups -OCH3 is 1. The number of nitrogens with one attached hydrogen (secondary N) is 1. The number of anilines is 1. The maximum atomic E-state index is 12.5. The number of rotatable bonds is 8. The molecule has 0 aromatic heterocycles. The molecule has 32 heavy (non-hydrogen) atoms. The number of amides is 1. The fraction of sp³-hybridized carbons (Fsp3) is 0.120. The summed E-state index contributed by atoms with van der Waals surface area (Å²) in [7, 11) is 1.48. The van der Waals surface area contributed by atoms with Crippen molar-refractivity contribution in [2.24, 2.45) is 0 Å². The highest BCUT2D eigenvalue weighted by molar-refractivity contribution is 6.32. The van der Waals surface area contributed by atoms with E-state index in [1.807, 2.05) is 30.3 Å². The van der Waals surface area contributed by atoms with Crippen molar-refractivity contribution in [2.75, 3.05) is 12.4 Å². The first-order valence-corrected chi connectivity index (χ1v) is 10.1. The Morgan fingerprint density at radius 3 is 2.50 bits per heavy atom. The maximum Gasteiger partial charge on any atom is 0.308 e. The van der Waals surface area contributed by atoms with Crippen LogP contribution in [0, 0.1) is 0 Å². The van der Waals surface area contributed by atoms with Gasteiger partial charge in [0.15, 0.2) is 17.2 Å². The van der Waals surface area contributed by atoms with Crippen LogP contribution in [0.2, 0.25) is 5.02 Å². The van der Waals surface area contributed by atoms with Gasteiger partial charge in [-0.25, -0.2) is 0 Å². The van der Waals surface area contributed by atoms with Crippen LogP contribution in [-0.4, -0.2) is 19.0 Å². The SMILES string of the molecule is COc1ccc(C=CC(=O)Nc2cccc(Cl)c2OCc2ccccc2)cc1OC(C)=O. The summed E-state index contributed by atoms with van der Waals surface area (Å²) in [6.07, 6.45) is 2.96. The highest BCUT2D eigenvalue weighted by Crippen LogP contribution is 2.34. The van der Waals surface area contributed by atoms with Crippen molar-refractivity contribution in [3.63, 3.8) is 0 Å². The first-order chi connectivity index (χ1) is 15.5. The van der Waals surface area contributed by atoms with Crippen LogP contribution in [-0.2, 0) is 16.2 Å². The Morgan fingerprint density at radius 1 is 1.00 bits per heavy atom. The Balaban J connectivity index is 1.71. The smallest absolute Gasteiger partial charge is 0.308 e. The quantitative estimate of drug-likeness (QED) is 0.278. The minimum Gasteiger partial charge on any atom is -0.493 e. The third-order valence-corrected chi connectivity index (χ3v) is 4.62. The van der Waals surface area contributed by atoms with E-state index in [1.54, 1.807) is 42.5 Å². The van der Waals surface area contributed by atoms with Crippen LogP contribution in [0.5, 0.6) is 17.2 Å². The van der Waals surface area contributed by atoms with Gasteiger partial charge in [0.2, 0.25) is 5.91 Å². The van der Waals surface area contributed by atoms with Crippen LogP contribution in [0.15, 0.2) is 72.8 Å². The lowest BCUT2D eigenvalue weighted by Gasteiger charge is -2.13. The Hall–Kier alpha value is -3.77. The number of carbonyl (C=O) groups is 2. The van der Waals surface area contributed by atoms with Gasteiger partial charge in [0.1, 0.15) is 6.61 Å². The van der Waals surface area contributed by atoms with E-state index in [-0.39, 0.29) is 11.7 Å². The van der Waals surface area contributed by atoms with Gasteiger partial charge >= 0.3 is 5.97 Å². The third-order valence-electron chi connectivity index (χ3n) is 4.32. The molecular formula is C25H22ClNO5. The van der Waals surface area contributed by atoms with Gasteiger partial charge in [0.05, 0.1) is 17.8 Å². The van der Waals surface area contributed by atoms with Crippen LogP contribution in [0.1, 0.15) is 18.1 Å². The molecule has 6 nitrogen and oxygen atoms in total. The lowest BCUT2D eigenvalue weighted by molar-refractivity contribution is -0.132. The van der Waals surface area contributed by atoms with E-state index in [9.17, 15) is 9.59 Å². The Labute approximate surface area is 191 Å². The zero-order valence-electron chi connectivity index (χ0n) is 17.6. The molecule has 0 bridgehead atoms. The predicted octanol–water partition coefficient (Wildman–Crippen LogP) is 5.50.